The fourth-order valence-corrected chi connectivity index (χ4v) is 1.95. The van der Waals surface area contributed by atoms with E-state index in [-0.39, 0.29) is 10.7 Å². The monoisotopic (exact) mass is 243 g/mol. The summed E-state index contributed by atoms with van der Waals surface area (Å²) in [6, 6.07) is 1.31. The molecule has 1 heterocycles. The predicted molar refractivity (Wildman–Crippen MR) is 60.3 cm³/mol. The Hall–Kier alpha value is -1.03. The van der Waals surface area contributed by atoms with Gasteiger partial charge in [0.15, 0.2) is 5.76 Å². The zero-order chi connectivity index (χ0) is 11.7. The molecule has 1 rings (SSSR count). The topological polar surface area (TPSA) is 73.3 Å². The summed E-state index contributed by atoms with van der Waals surface area (Å²) >= 11 is 0. The van der Waals surface area contributed by atoms with Crippen LogP contribution in [-0.4, -0.2) is 16.5 Å². The standard InChI is InChI=1S/C9H13NO3SSi/c1-15(2,3)7-5-8-9(4-6-13-8)14(10,11)12/h4,6H,1-3H3,(H2,10,11,12). The van der Waals surface area contributed by atoms with Crippen LogP contribution in [0, 0.1) is 11.5 Å². The molecule has 0 spiro atoms. The fraction of sp³-hybridized carbons (Fsp3) is 0.333. The molecule has 15 heavy (non-hydrogen) atoms. The van der Waals surface area contributed by atoms with E-state index >= 15 is 0 Å². The smallest absolute Gasteiger partial charge is 0.242 e. The lowest BCUT2D eigenvalue weighted by atomic mass is 10.5. The maximum absolute atomic E-state index is 11.1. The lowest BCUT2D eigenvalue weighted by Crippen LogP contribution is -2.17. The van der Waals surface area contributed by atoms with E-state index in [9.17, 15) is 8.42 Å². The molecule has 0 aliphatic rings. The Balaban J connectivity index is 3.18. The third kappa shape index (κ3) is 3.55. The van der Waals surface area contributed by atoms with Crippen molar-refractivity contribution in [2.75, 3.05) is 0 Å². The van der Waals surface area contributed by atoms with Gasteiger partial charge < -0.3 is 4.42 Å². The zero-order valence-electron chi connectivity index (χ0n) is 8.87. The summed E-state index contributed by atoms with van der Waals surface area (Å²) in [5.74, 6) is 2.85. The van der Waals surface area contributed by atoms with Crippen LogP contribution in [0.2, 0.25) is 19.6 Å². The number of hydrogen-bond acceptors (Lipinski definition) is 3. The van der Waals surface area contributed by atoms with E-state index in [1.54, 1.807) is 0 Å². The molecule has 0 radical (unpaired) electrons. The van der Waals surface area contributed by atoms with Gasteiger partial charge in [-0.2, -0.15) is 0 Å². The molecule has 0 aliphatic heterocycles. The minimum atomic E-state index is -3.74. The first kappa shape index (κ1) is 12.0. The second-order valence-corrected chi connectivity index (χ2v) is 10.4. The lowest BCUT2D eigenvalue weighted by molar-refractivity contribution is 0.543. The van der Waals surface area contributed by atoms with E-state index in [4.69, 9.17) is 9.56 Å². The fourth-order valence-electron chi connectivity index (χ4n) is 0.857. The number of nitrogens with two attached hydrogens (primary N) is 1. The van der Waals surface area contributed by atoms with Crippen LogP contribution >= 0.6 is 0 Å². The Morgan fingerprint density at radius 1 is 1.40 bits per heavy atom. The van der Waals surface area contributed by atoms with Crippen molar-refractivity contribution in [3.8, 4) is 11.5 Å². The van der Waals surface area contributed by atoms with Gasteiger partial charge in [0.25, 0.3) is 0 Å². The third-order valence-electron chi connectivity index (χ3n) is 1.49. The van der Waals surface area contributed by atoms with Crippen LogP contribution in [0.1, 0.15) is 5.76 Å². The van der Waals surface area contributed by atoms with Crippen LogP contribution in [0.25, 0.3) is 0 Å². The summed E-state index contributed by atoms with van der Waals surface area (Å²) in [5, 5.41) is 5.00. The highest BCUT2D eigenvalue weighted by Gasteiger charge is 2.16. The quantitative estimate of drug-likeness (QED) is 0.594. The van der Waals surface area contributed by atoms with Gasteiger partial charge in [-0.3, -0.25) is 0 Å². The molecule has 0 bridgehead atoms. The molecule has 0 aliphatic carbocycles. The van der Waals surface area contributed by atoms with Crippen LogP contribution in [0.3, 0.4) is 0 Å². The molecular formula is C9H13NO3SSi. The normalized spacial score (nSPS) is 12.0. The second-order valence-electron chi connectivity index (χ2n) is 4.16. The molecule has 4 nitrogen and oxygen atoms in total. The van der Waals surface area contributed by atoms with E-state index in [1.807, 2.05) is 0 Å². The Labute approximate surface area is 90.5 Å². The van der Waals surface area contributed by atoms with Crippen molar-refractivity contribution in [2.45, 2.75) is 24.5 Å². The average molecular weight is 243 g/mol. The molecule has 0 atom stereocenters. The van der Waals surface area contributed by atoms with Crippen LogP contribution in [0.4, 0.5) is 0 Å². The van der Waals surface area contributed by atoms with Gasteiger partial charge in [-0.05, 0) is 12.0 Å². The summed E-state index contributed by atoms with van der Waals surface area (Å²) in [6.07, 6.45) is 1.27. The molecule has 82 valence electrons. The molecule has 1 aromatic rings. The lowest BCUT2D eigenvalue weighted by Gasteiger charge is -2.02. The first-order chi connectivity index (χ1) is 6.70. The van der Waals surface area contributed by atoms with Crippen LogP contribution < -0.4 is 5.14 Å². The van der Waals surface area contributed by atoms with Crippen LogP contribution in [0.5, 0.6) is 0 Å². The maximum Gasteiger partial charge on any atom is 0.242 e. The summed E-state index contributed by atoms with van der Waals surface area (Å²) in [7, 11) is -5.29. The molecule has 1 aromatic heterocycles. The number of rotatable bonds is 1. The summed E-state index contributed by atoms with van der Waals surface area (Å²) in [6.45, 7) is 6.17. The van der Waals surface area contributed by atoms with Crippen molar-refractivity contribution in [3.63, 3.8) is 0 Å². The van der Waals surface area contributed by atoms with Gasteiger partial charge in [-0.1, -0.05) is 19.6 Å². The maximum atomic E-state index is 11.1. The number of furan rings is 1. The van der Waals surface area contributed by atoms with Crippen molar-refractivity contribution in [1.29, 1.82) is 0 Å². The van der Waals surface area contributed by atoms with Gasteiger partial charge >= 0.3 is 0 Å². The van der Waals surface area contributed by atoms with Crippen LogP contribution in [0.15, 0.2) is 21.6 Å². The highest BCUT2D eigenvalue weighted by Crippen LogP contribution is 2.14. The molecule has 0 saturated heterocycles. The molecular weight excluding hydrogens is 230 g/mol. The number of primary sulfonamides is 1. The van der Waals surface area contributed by atoms with Gasteiger partial charge in [0.1, 0.15) is 13.0 Å². The predicted octanol–water partition coefficient (Wildman–Crippen LogP) is 1.16. The SMILES string of the molecule is C[Si](C)(C)C#Cc1occc1S(N)(=O)=O. The zero-order valence-corrected chi connectivity index (χ0v) is 10.7. The van der Waals surface area contributed by atoms with Gasteiger partial charge in [0, 0.05) is 0 Å². The van der Waals surface area contributed by atoms with Gasteiger partial charge in [-0.15, -0.1) is 5.54 Å². The van der Waals surface area contributed by atoms with E-state index in [0.717, 1.165) is 0 Å². The highest BCUT2D eigenvalue weighted by molar-refractivity contribution is 7.89. The molecule has 0 amide bonds. The molecule has 0 aromatic carbocycles. The molecule has 0 fully saturated rings. The van der Waals surface area contributed by atoms with Crippen molar-refractivity contribution in [3.05, 3.63) is 18.1 Å². The molecule has 2 N–H and O–H groups in total. The van der Waals surface area contributed by atoms with Crippen molar-refractivity contribution in [2.24, 2.45) is 5.14 Å². The first-order valence-corrected chi connectivity index (χ1v) is 9.38. The minimum Gasteiger partial charge on any atom is -0.455 e. The van der Waals surface area contributed by atoms with Gasteiger partial charge in [-0.25, -0.2) is 13.6 Å². The van der Waals surface area contributed by atoms with E-state index in [1.165, 1.54) is 12.3 Å². The summed E-state index contributed by atoms with van der Waals surface area (Å²) in [5.41, 5.74) is 3.01. The Kier molecular flexibility index (Phi) is 3.09. The van der Waals surface area contributed by atoms with E-state index in [2.05, 4.69) is 31.1 Å². The third-order valence-corrected chi connectivity index (χ3v) is 3.30. The largest absolute Gasteiger partial charge is 0.455 e. The molecule has 0 unspecified atom stereocenters. The van der Waals surface area contributed by atoms with Crippen molar-refractivity contribution in [1.82, 2.24) is 0 Å². The highest BCUT2D eigenvalue weighted by atomic mass is 32.2. The summed E-state index contributed by atoms with van der Waals surface area (Å²) < 4.78 is 27.2. The number of hydrogen-bond donors (Lipinski definition) is 1. The van der Waals surface area contributed by atoms with Crippen LogP contribution in [-0.2, 0) is 10.0 Å². The minimum absolute atomic E-state index is 0.0479. The van der Waals surface area contributed by atoms with E-state index in [0.29, 0.717) is 0 Å². The van der Waals surface area contributed by atoms with E-state index < -0.39 is 18.1 Å². The van der Waals surface area contributed by atoms with Gasteiger partial charge in [0.05, 0.1) is 6.26 Å². The Morgan fingerprint density at radius 2 is 2.00 bits per heavy atom. The molecule has 0 saturated carbocycles. The van der Waals surface area contributed by atoms with Gasteiger partial charge in [0.2, 0.25) is 10.0 Å². The Bertz CT molecular complexity index is 514. The second kappa shape index (κ2) is 3.85. The van der Waals surface area contributed by atoms with Crippen molar-refractivity contribution >= 4 is 18.1 Å². The average Bonchev–Trinajstić information content (AvgIpc) is 2.45. The Morgan fingerprint density at radius 3 is 2.47 bits per heavy atom. The van der Waals surface area contributed by atoms with Crippen molar-refractivity contribution < 1.29 is 12.8 Å². The molecule has 6 heteroatoms. The first-order valence-electron chi connectivity index (χ1n) is 4.33. The summed E-state index contributed by atoms with van der Waals surface area (Å²) in [4.78, 5) is -0.0479. The number of sulfonamides is 1.